The first-order valence-electron chi connectivity index (χ1n) is 8.41. The molecule has 0 aliphatic rings. The summed E-state index contributed by atoms with van der Waals surface area (Å²) in [4.78, 5) is 16.8. The van der Waals surface area contributed by atoms with Gasteiger partial charge in [0.05, 0.1) is 26.3 Å². The topological polar surface area (TPSA) is 60.5 Å². The molecule has 0 radical (unpaired) electrons. The van der Waals surface area contributed by atoms with Gasteiger partial charge in [0, 0.05) is 22.9 Å². The fourth-order valence-electron chi connectivity index (χ4n) is 2.45. The third kappa shape index (κ3) is 5.46. The summed E-state index contributed by atoms with van der Waals surface area (Å²) < 4.78 is 24.2. The van der Waals surface area contributed by atoms with Crippen LogP contribution in [0.4, 0.5) is 10.1 Å². The SMILES string of the molecule is COc1ccc(NC(=O)Cc2csc(SCc3ccc(F)cc3)n2)cc1OC. The van der Waals surface area contributed by atoms with Gasteiger partial charge in [0.1, 0.15) is 10.2 Å². The van der Waals surface area contributed by atoms with Crippen molar-refractivity contribution in [2.24, 2.45) is 0 Å². The molecule has 1 aromatic heterocycles. The largest absolute Gasteiger partial charge is 0.493 e. The fourth-order valence-corrected chi connectivity index (χ4v) is 4.25. The Bertz CT molecular complexity index is 945. The fraction of sp³-hybridized carbons (Fsp3) is 0.200. The Hall–Kier alpha value is -2.58. The van der Waals surface area contributed by atoms with Crippen LogP contribution in [0.15, 0.2) is 52.2 Å². The Morgan fingerprint density at radius 3 is 2.61 bits per heavy atom. The first kappa shape index (κ1) is 20.2. The number of carbonyl (C=O) groups is 1. The Morgan fingerprint density at radius 2 is 1.89 bits per heavy atom. The number of nitrogens with zero attached hydrogens (tertiary/aromatic N) is 1. The maximum atomic E-state index is 12.9. The van der Waals surface area contributed by atoms with E-state index in [1.165, 1.54) is 23.5 Å². The molecule has 0 aliphatic carbocycles. The Morgan fingerprint density at radius 1 is 1.14 bits per heavy atom. The second-order valence-corrected chi connectivity index (χ2v) is 7.90. The highest BCUT2D eigenvalue weighted by atomic mass is 32.2. The highest BCUT2D eigenvalue weighted by molar-refractivity contribution is 8.00. The summed E-state index contributed by atoms with van der Waals surface area (Å²) in [6.07, 6.45) is 0.182. The van der Waals surface area contributed by atoms with E-state index >= 15 is 0 Å². The Kier molecular flexibility index (Phi) is 6.89. The number of methoxy groups -OCH3 is 2. The Labute approximate surface area is 170 Å². The molecule has 1 amide bonds. The number of carbonyl (C=O) groups excluding carboxylic acids is 1. The predicted octanol–water partition coefficient (Wildman–Crippen LogP) is 4.77. The molecule has 0 spiro atoms. The Balaban J connectivity index is 1.54. The molecular formula is C20H19FN2O3S2. The average Bonchev–Trinajstić information content (AvgIpc) is 3.14. The first-order valence-corrected chi connectivity index (χ1v) is 10.3. The molecule has 8 heteroatoms. The van der Waals surface area contributed by atoms with E-state index in [-0.39, 0.29) is 18.1 Å². The van der Waals surface area contributed by atoms with Gasteiger partial charge < -0.3 is 14.8 Å². The van der Waals surface area contributed by atoms with Crippen molar-refractivity contribution in [3.05, 3.63) is 64.9 Å². The molecule has 0 saturated heterocycles. The van der Waals surface area contributed by atoms with Gasteiger partial charge in [0.15, 0.2) is 11.5 Å². The van der Waals surface area contributed by atoms with Crippen molar-refractivity contribution >= 4 is 34.7 Å². The van der Waals surface area contributed by atoms with Crippen molar-refractivity contribution in [3.8, 4) is 11.5 Å². The number of rotatable bonds is 8. The van der Waals surface area contributed by atoms with E-state index in [1.54, 1.807) is 56.3 Å². The van der Waals surface area contributed by atoms with Gasteiger partial charge in [-0.1, -0.05) is 23.9 Å². The maximum absolute atomic E-state index is 12.9. The minimum atomic E-state index is -0.245. The van der Waals surface area contributed by atoms with E-state index in [4.69, 9.17) is 9.47 Å². The molecule has 3 rings (SSSR count). The van der Waals surface area contributed by atoms with Crippen LogP contribution in [0.2, 0.25) is 0 Å². The third-order valence-electron chi connectivity index (χ3n) is 3.82. The van der Waals surface area contributed by atoms with Gasteiger partial charge in [-0.25, -0.2) is 9.37 Å². The van der Waals surface area contributed by atoms with Crippen LogP contribution >= 0.6 is 23.1 Å². The number of thioether (sulfide) groups is 1. The molecule has 1 N–H and O–H groups in total. The number of nitrogens with one attached hydrogen (secondary N) is 1. The van der Waals surface area contributed by atoms with Gasteiger partial charge in [0.25, 0.3) is 0 Å². The average molecular weight is 419 g/mol. The molecular weight excluding hydrogens is 399 g/mol. The summed E-state index contributed by atoms with van der Waals surface area (Å²) in [5, 5.41) is 4.71. The minimum absolute atomic E-state index is 0.160. The van der Waals surface area contributed by atoms with Gasteiger partial charge in [-0.15, -0.1) is 11.3 Å². The predicted molar refractivity (Wildman–Crippen MR) is 110 cm³/mol. The van der Waals surface area contributed by atoms with Crippen molar-refractivity contribution in [2.45, 2.75) is 16.5 Å². The molecule has 0 aliphatic heterocycles. The molecule has 0 bridgehead atoms. The highest BCUT2D eigenvalue weighted by Gasteiger charge is 2.11. The summed E-state index contributed by atoms with van der Waals surface area (Å²) in [7, 11) is 3.11. The zero-order chi connectivity index (χ0) is 19.9. The van der Waals surface area contributed by atoms with Crippen LogP contribution in [0.5, 0.6) is 11.5 Å². The van der Waals surface area contributed by atoms with E-state index in [9.17, 15) is 9.18 Å². The van der Waals surface area contributed by atoms with E-state index < -0.39 is 0 Å². The van der Waals surface area contributed by atoms with Crippen molar-refractivity contribution < 1.29 is 18.7 Å². The second-order valence-electron chi connectivity index (χ2n) is 5.81. The summed E-state index contributed by atoms with van der Waals surface area (Å²) >= 11 is 3.06. The lowest BCUT2D eigenvalue weighted by molar-refractivity contribution is -0.115. The molecule has 3 aromatic rings. The number of anilines is 1. The zero-order valence-electron chi connectivity index (χ0n) is 15.4. The second kappa shape index (κ2) is 9.57. The number of halogens is 1. The molecule has 0 unspecified atom stereocenters. The van der Waals surface area contributed by atoms with Crippen molar-refractivity contribution in [3.63, 3.8) is 0 Å². The van der Waals surface area contributed by atoms with Gasteiger partial charge in [-0.2, -0.15) is 0 Å². The summed E-state index contributed by atoms with van der Waals surface area (Å²) in [6.45, 7) is 0. The van der Waals surface area contributed by atoms with E-state index in [0.29, 0.717) is 28.6 Å². The molecule has 1 heterocycles. The van der Waals surface area contributed by atoms with Gasteiger partial charge >= 0.3 is 0 Å². The number of hydrogen-bond donors (Lipinski definition) is 1. The van der Waals surface area contributed by atoms with Crippen molar-refractivity contribution in [1.29, 1.82) is 0 Å². The van der Waals surface area contributed by atoms with Crippen LogP contribution in [0, 0.1) is 5.82 Å². The summed E-state index contributed by atoms with van der Waals surface area (Å²) in [6, 6.07) is 11.6. The van der Waals surface area contributed by atoms with Crippen LogP contribution < -0.4 is 14.8 Å². The van der Waals surface area contributed by atoms with Crippen LogP contribution in [0.3, 0.4) is 0 Å². The van der Waals surface area contributed by atoms with Gasteiger partial charge in [0.2, 0.25) is 5.91 Å². The number of benzene rings is 2. The quantitative estimate of drug-likeness (QED) is 0.534. The van der Waals surface area contributed by atoms with Crippen LogP contribution in [-0.2, 0) is 17.0 Å². The number of hydrogen-bond acceptors (Lipinski definition) is 6. The summed E-state index contributed by atoms with van der Waals surface area (Å²) in [5.41, 5.74) is 2.36. The number of ether oxygens (including phenoxy) is 2. The third-order valence-corrected chi connectivity index (χ3v) is 5.96. The number of amides is 1. The highest BCUT2D eigenvalue weighted by Crippen LogP contribution is 2.30. The van der Waals surface area contributed by atoms with Crippen LogP contribution in [0.25, 0.3) is 0 Å². The van der Waals surface area contributed by atoms with Crippen LogP contribution in [-0.4, -0.2) is 25.1 Å². The molecule has 28 heavy (non-hydrogen) atoms. The smallest absolute Gasteiger partial charge is 0.230 e. The molecule has 0 saturated carbocycles. The standard InChI is InChI=1S/C20H19FN2O3S2/c1-25-17-8-7-15(9-18(17)26-2)22-19(24)10-16-12-28-20(23-16)27-11-13-3-5-14(21)6-4-13/h3-9,12H,10-11H2,1-2H3,(H,22,24). The van der Waals surface area contributed by atoms with Crippen molar-refractivity contribution in [1.82, 2.24) is 4.98 Å². The lowest BCUT2D eigenvalue weighted by Crippen LogP contribution is -2.14. The lowest BCUT2D eigenvalue weighted by atomic mass is 10.2. The molecule has 2 aromatic carbocycles. The van der Waals surface area contributed by atoms with E-state index in [1.807, 2.05) is 5.38 Å². The van der Waals surface area contributed by atoms with Gasteiger partial charge in [-0.05, 0) is 29.8 Å². The maximum Gasteiger partial charge on any atom is 0.230 e. The summed E-state index contributed by atoms with van der Waals surface area (Å²) in [5.74, 6) is 1.44. The van der Waals surface area contributed by atoms with E-state index in [2.05, 4.69) is 10.3 Å². The number of aromatic nitrogens is 1. The normalized spacial score (nSPS) is 10.5. The first-order chi connectivity index (χ1) is 13.6. The molecule has 146 valence electrons. The monoisotopic (exact) mass is 418 g/mol. The zero-order valence-corrected chi connectivity index (χ0v) is 17.0. The lowest BCUT2D eigenvalue weighted by Gasteiger charge is -2.10. The van der Waals surface area contributed by atoms with Gasteiger partial charge in [-0.3, -0.25) is 4.79 Å². The van der Waals surface area contributed by atoms with E-state index in [0.717, 1.165) is 9.90 Å². The number of thiazole rings is 1. The van der Waals surface area contributed by atoms with Crippen LogP contribution in [0.1, 0.15) is 11.3 Å². The molecule has 5 nitrogen and oxygen atoms in total. The minimum Gasteiger partial charge on any atom is -0.493 e. The molecule has 0 atom stereocenters. The molecule has 0 fully saturated rings. The van der Waals surface area contributed by atoms with Crippen molar-refractivity contribution in [2.75, 3.05) is 19.5 Å².